The van der Waals surface area contributed by atoms with Gasteiger partial charge in [-0.1, -0.05) is 12.1 Å². The van der Waals surface area contributed by atoms with E-state index in [1.54, 1.807) is 36.7 Å². The molecule has 132 valence electrons. The predicted octanol–water partition coefficient (Wildman–Crippen LogP) is 4.79. The van der Waals surface area contributed by atoms with Gasteiger partial charge in [-0.15, -0.1) is 13.2 Å². The lowest BCUT2D eigenvalue weighted by Crippen LogP contribution is -2.17. The van der Waals surface area contributed by atoms with Crippen molar-refractivity contribution in [3.05, 3.63) is 54.9 Å². The Morgan fingerprint density at radius 1 is 1.12 bits per heavy atom. The number of furan rings is 1. The third kappa shape index (κ3) is 3.01. The molecule has 8 heteroatoms. The second-order valence-corrected chi connectivity index (χ2v) is 5.61. The standard InChI is InChI=1S/C18H12F3N3O2/c1-24-15-9-13(11-4-2-5-12(8-11)26-18(19,20)21)22-10-14(15)23-17(24)16-6-3-7-25-16/h2-10H,1H3. The average Bonchev–Trinajstić information content (AvgIpc) is 3.21. The van der Waals surface area contributed by atoms with E-state index in [0.29, 0.717) is 28.4 Å². The molecule has 0 amide bonds. The number of pyridine rings is 1. The highest BCUT2D eigenvalue weighted by molar-refractivity contribution is 5.82. The lowest BCUT2D eigenvalue weighted by atomic mass is 10.1. The Labute approximate surface area is 145 Å². The molecule has 0 N–H and O–H groups in total. The molecule has 0 unspecified atom stereocenters. The first-order valence-corrected chi connectivity index (χ1v) is 7.63. The fourth-order valence-electron chi connectivity index (χ4n) is 2.73. The van der Waals surface area contributed by atoms with Crippen molar-refractivity contribution in [2.75, 3.05) is 0 Å². The minimum Gasteiger partial charge on any atom is -0.461 e. The lowest BCUT2D eigenvalue weighted by molar-refractivity contribution is -0.274. The van der Waals surface area contributed by atoms with Gasteiger partial charge in [-0.3, -0.25) is 4.98 Å². The van der Waals surface area contributed by atoms with Crippen LogP contribution in [-0.4, -0.2) is 20.9 Å². The summed E-state index contributed by atoms with van der Waals surface area (Å²) < 4.78 is 48.4. The molecule has 1 aromatic carbocycles. The second-order valence-electron chi connectivity index (χ2n) is 5.61. The third-order valence-corrected chi connectivity index (χ3v) is 3.87. The molecule has 26 heavy (non-hydrogen) atoms. The number of imidazole rings is 1. The van der Waals surface area contributed by atoms with E-state index in [2.05, 4.69) is 14.7 Å². The zero-order valence-corrected chi connectivity index (χ0v) is 13.5. The summed E-state index contributed by atoms with van der Waals surface area (Å²) in [5.41, 5.74) is 2.46. The summed E-state index contributed by atoms with van der Waals surface area (Å²) in [5, 5.41) is 0. The van der Waals surface area contributed by atoms with Gasteiger partial charge in [-0.05, 0) is 30.3 Å². The molecule has 0 aliphatic heterocycles. The van der Waals surface area contributed by atoms with Crippen LogP contribution in [0, 0.1) is 0 Å². The van der Waals surface area contributed by atoms with Gasteiger partial charge >= 0.3 is 6.36 Å². The number of rotatable bonds is 3. The molecule has 0 aliphatic carbocycles. The molecular formula is C18H12F3N3O2. The number of fused-ring (bicyclic) bond motifs is 1. The summed E-state index contributed by atoms with van der Waals surface area (Å²) >= 11 is 0. The molecule has 0 atom stereocenters. The molecule has 0 fully saturated rings. The van der Waals surface area contributed by atoms with E-state index in [1.165, 1.54) is 18.2 Å². The van der Waals surface area contributed by atoms with Crippen LogP contribution in [0.4, 0.5) is 13.2 Å². The lowest BCUT2D eigenvalue weighted by Gasteiger charge is -2.10. The second kappa shape index (κ2) is 5.91. The molecule has 0 bridgehead atoms. The van der Waals surface area contributed by atoms with Crippen molar-refractivity contribution in [3.8, 4) is 28.6 Å². The highest BCUT2D eigenvalue weighted by Crippen LogP contribution is 2.30. The van der Waals surface area contributed by atoms with Crippen LogP contribution in [0.5, 0.6) is 5.75 Å². The van der Waals surface area contributed by atoms with Gasteiger partial charge in [0.15, 0.2) is 11.6 Å². The van der Waals surface area contributed by atoms with Crippen molar-refractivity contribution in [1.82, 2.24) is 14.5 Å². The molecule has 0 saturated carbocycles. The summed E-state index contributed by atoms with van der Waals surface area (Å²) in [6.45, 7) is 0. The highest BCUT2D eigenvalue weighted by Gasteiger charge is 2.31. The number of nitrogens with zero attached hydrogens (tertiary/aromatic N) is 3. The van der Waals surface area contributed by atoms with Crippen LogP contribution in [0.3, 0.4) is 0 Å². The average molecular weight is 359 g/mol. The van der Waals surface area contributed by atoms with Crippen LogP contribution < -0.4 is 4.74 Å². The van der Waals surface area contributed by atoms with Crippen LogP contribution in [0.2, 0.25) is 0 Å². The van der Waals surface area contributed by atoms with Gasteiger partial charge in [0.25, 0.3) is 0 Å². The van der Waals surface area contributed by atoms with Crippen molar-refractivity contribution in [2.45, 2.75) is 6.36 Å². The predicted molar refractivity (Wildman–Crippen MR) is 88.3 cm³/mol. The minimum absolute atomic E-state index is 0.293. The van der Waals surface area contributed by atoms with Crippen LogP contribution >= 0.6 is 0 Å². The van der Waals surface area contributed by atoms with Gasteiger partial charge < -0.3 is 13.7 Å². The summed E-state index contributed by atoms with van der Waals surface area (Å²) in [7, 11) is 1.83. The van der Waals surface area contributed by atoms with Crippen LogP contribution in [0.15, 0.2) is 59.3 Å². The fraction of sp³-hybridized carbons (Fsp3) is 0.111. The van der Waals surface area contributed by atoms with Gasteiger partial charge in [0.05, 0.1) is 23.7 Å². The first-order chi connectivity index (χ1) is 12.4. The quantitative estimate of drug-likeness (QED) is 0.528. The zero-order valence-electron chi connectivity index (χ0n) is 13.5. The van der Waals surface area contributed by atoms with Gasteiger partial charge in [-0.2, -0.15) is 0 Å². The van der Waals surface area contributed by atoms with E-state index in [-0.39, 0.29) is 5.75 Å². The normalized spacial score (nSPS) is 11.8. The first kappa shape index (κ1) is 16.2. The third-order valence-electron chi connectivity index (χ3n) is 3.87. The van der Waals surface area contributed by atoms with Crippen molar-refractivity contribution >= 4 is 11.0 Å². The fourth-order valence-corrected chi connectivity index (χ4v) is 2.73. The molecule has 3 aromatic heterocycles. The Morgan fingerprint density at radius 3 is 2.69 bits per heavy atom. The maximum Gasteiger partial charge on any atom is 0.573 e. The topological polar surface area (TPSA) is 53.1 Å². The maximum absolute atomic E-state index is 12.4. The minimum atomic E-state index is -4.74. The summed E-state index contributed by atoms with van der Waals surface area (Å²) in [5.74, 6) is 0.960. The number of benzene rings is 1. The van der Waals surface area contributed by atoms with E-state index in [0.717, 1.165) is 5.52 Å². The molecular weight excluding hydrogens is 347 g/mol. The Balaban J connectivity index is 1.76. The van der Waals surface area contributed by atoms with Gasteiger partial charge in [0.2, 0.25) is 0 Å². The van der Waals surface area contributed by atoms with Crippen LogP contribution in [-0.2, 0) is 7.05 Å². The van der Waals surface area contributed by atoms with Crippen molar-refractivity contribution in [2.24, 2.45) is 7.05 Å². The molecule has 3 heterocycles. The Bertz CT molecular complexity index is 1070. The highest BCUT2D eigenvalue weighted by atomic mass is 19.4. The number of halogens is 3. The summed E-state index contributed by atoms with van der Waals surface area (Å²) in [4.78, 5) is 8.80. The van der Waals surface area contributed by atoms with E-state index < -0.39 is 6.36 Å². The zero-order chi connectivity index (χ0) is 18.3. The molecule has 0 spiro atoms. The number of alkyl halides is 3. The molecule has 4 aromatic rings. The van der Waals surface area contributed by atoms with E-state index >= 15 is 0 Å². The number of aryl methyl sites for hydroxylation is 1. The van der Waals surface area contributed by atoms with E-state index in [4.69, 9.17) is 4.42 Å². The maximum atomic E-state index is 12.4. The number of aromatic nitrogens is 3. The van der Waals surface area contributed by atoms with E-state index in [1.807, 2.05) is 11.6 Å². The SMILES string of the molecule is Cn1c(-c2ccco2)nc2cnc(-c3cccc(OC(F)(F)F)c3)cc21. The number of hydrogen-bond donors (Lipinski definition) is 0. The van der Waals surface area contributed by atoms with Gasteiger partial charge in [0, 0.05) is 12.6 Å². The van der Waals surface area contributed by atoms with Crippen LogP contribution in [0.25, 0.3) is 33.9 Å². The number of ether oxygens (including phenoxy) is 1. The molecule has 5 nitrogen and oxygen atoms in total. The molecule has 4 rings (SSSR count). The van der Waals surface area contributed by atoms with Crippen molar-refractivity contribution in [1.29, 1.82) is 0 Å². The first-order valence-electron chi connectivity index (χ1n) is 7.63. The van der Waals surface area contributed by atoms with Gasteiger partial charge in [-0.25, -0.2) is 4.98 Å². The smallest absolute Gasteiger partial charge is 0.461 e. The van der Waals surface area contributed by atoms with Gasteiger partial charge in [0.1, 0.15) is 11.3 Å². The molecule has 0 radical (unpaired) electrons. The summed E-state index contributed by atoms with van der Waals surface area (Å²) in [6.07, 6.45) is -1.60. The number of hydrogen-bond acceptors (Lipinski definition) is 4. The Kier molecular flexibility index (Phi) is 3.68. The summed E-state index contributed by atoms with van der Waals surface area (Å²) in [6, 6.07) is 11.0. The molecule has 0 saturated heterocycles. The van der Waals surface area contributed by atoms with Crippen molar-refractivity contribution in [3.63, 3.8) is 0 Å². The monoisotopic (exact) mass is 359 g/mol. The Hall–Kier alpha value is -3.29. The van der Waals surface area contributed by atoms with Crippen LogP contribution in [0.1, 0.15) is 0 Å². The largest absolute Gasteiger partial charge is 0.573 e. The van der Waals surface area contributed by atoms with Crippen molar-refractivity contribution < 1.29 is 22.3 Å². The van der Waals surface area contributed by atoms with E-state index in [9.17, 15) is 13.2 Å². The molecule has 0 aliphatic rings. The Morgan fingerprint density at radius 2 is 1.96 bits per heavy atom.